The van der Waals surface area contributed by atoms with E-state index in [0.29, 0.717) is 37.6 Å². The molecular weight excluding hydrogens is 396 g/mol. The van der Waals surface area contributed by atoms with Gasteiger partial charge in [0.1, 0.15) is 11.6 Å². The number of nitrogens with one attached hydrogen (secondary N) is 2. The maximum absolute atomic E-state index is 12.3. The number of aromatic nitrogens is 5. The Labute approximate surface area is 178 Å². The van der Waals surface area contributed by atoms with E-state index < -0.39 is 6.10 Å². The molecule has 1 unspecified atom stereocenters. The van der Waals surface area contributed by atoms with Gasteiger partial charge in [0.05, 0.1) is 24.4 Å². The van der Waals surface area contributed by atoms with Gasteiger partial charge in [-0.3, -0.25) is 14.6 Å². The highest BCUT2D eigenvalue weighted by molar-refractivity contribution is 6.08. The van der Waals surface area contributed by atoms with E-state index in [2.05, 4.69) is 30.5 Å². The Morgan fingerprint density at radius 2 is 2.26 bits per heavy atom. The van der Waals surface area contributed by atoms with Gasteiger partial charge >= 0.3 is 0 Å². The molecule has 5 rings (SSSR count). The Bertz CT molecular complexity index is 1230. The molecule has 3 aromatic heterocycles. The van der Waals surface area contributed by atoms with Gasteiger partial charge in [-0.05, 0) is 19.2 Å². The fourth-order valence-corrected chi connectivity index (χ4v) is 3.88. The number of carbonyl (C=O) groups is 1. The van der Waals surface area contributed by atoms with Crippen molar-refractivity contribution in [2.45, 2.75) is 12.6 Å². The Hall–Kier alpha value is -3.50. The Morgan fingerprint density at radius 3 is 3.06 bits per heavy atom. The van der Waals surface area contributed by atoms with E-state index in [9.17, 15) is 4.79 Å². The summed E-state index contributed by atoms with van der Waals surface area (Å²) in [4.78, 5) is 19.0. The van der Waals surface area contributed by atoms with Crippen LogP contribution in [0.1, 0.15) is 0 Å². The van der Waals surface area contributed by atoms with Crippen molar-refractivity contribution in [3.63, 3.8) is 0 Å². The van der Waals surface area contributed by atoms with Crippen molar-refractivity contribution in [3.8, 4) is 11.3 Å². The predicted molar refractivity (Wildman–Crippen MR) is 117 cm³/mol. The number of benzene rings is 1. The van der Waals surface area contributed by atoms with E-state index in [-0.39, 0.29) is 5.91 Å². The number of likely N-dealkylation sites (N-methyl/N-ethyl adjacent to an activating group) is 1. The first-order valence-corrected chi connectivity index (χ1v) is 10.2. The molecular formula is C21H24N8O2. The quantitative estimate of drug-likeness (QED) is 0.440. The Balaban J connectivity index is 1.34. The molecule has 1 aliphatic rings. The highest BCUT2D eigenvalue weighted by atomic mass is 16.5. The summed E-state index contributed by atoms with van der Waals surface area (Å²) in [5.41, 5.74) is 9.45. The van der Waals surface area contributed by atoms with Crippen LogP contribution in [0.25, 0.3) is 33.1 Å². The van der Waals surface area contributed by atoms with E-state index in [1.807, 2.05) is 37.5 Å². The lowest BCUT2D eigenvalue weighted by Gasteiger charge is -2.29. The number of hydrogen-bond acceptors (Lipinski definition) is 7. The number of hydrogen-bond donors (Lipinski definition) is 3. The lowest BCUT2D eigenvalue weighted by molar-refractivity contribution is -0.137. The molecule has 4 aromatic rings. The van der Waals surface area contributed by atoms with Gasteiger partial charge in [-0.2, -0.15) is 10.2 Å². The molecule has 31 heavy (non-hydrogen) atoms. The molecule has 160 valence electrons. The summed E-state index contributed by atoms with van der Waals surface area (Å²) in [5.74, 6) is 0.281. The number of carbonyl (C=O) groups excluding carboxylic acids is 1. The SMILES string of the molecule is CN1CCOC(C(=O)NCCn2cc3c(n2)c(N)nc2cc(-c4cc[nH]n4)ccc23)C1. The van der Waals surface area contributed by atoms with Crippen molar-refractivity contribution in [1.29, 1.82) is 0 Å². The topological polar surface area (TPSA) is 127 Å². The summed E-state index contributed by atoms with van der Waals surface area (Å²) >= 11 is 0. The van der Waals surface area contributed by atoms with Crippen molar-refractivity contribution in [3.05, 3.63) is 36.7 Å². The van der Waals surface area contributed by atoms with Crippen LogP contribution in [0.2, 0.25) is 0 Å². The number of pyridine rings is 1. The van der Waals surface area contributed by atoms with Crippen LogP contribution >= 0.6 is 0 Å². The van der Waals surface area contributed by atoms with E-state index in [1.54, 1.807) is 10.9 Å². The number of aromatic amines is 1. The van der Waals surface area contributed by atoms with Crippen molar-refractivity contribution in [1.82, 2.24) is 35.2 Å². The van der Waals surface area contributed by atoms with Crippen molar-refractivity contribution >= 4 is 33.5 Å². The zero-order chi connectivity index (χ0) is 21.4. The minimum absolute atomic E-state index is 0.0965. The molecule has 1 saturated heterocycles. The zero-order valence-corrected chi connectivity index (χ0v) is 17.2. The first-order valence-electron chi connectivity index (χ1n) is 10.2. The number of nitrogens with two attached hydrogens (primary N) is 1. The predicted octanol–water partition coefficient (Wildman–Crippen LogP) is 1.00. The lowest BCUT2D eigenvalue weighted by atomic mass is 10.1. The molecule has 1 fully saturated rings. The number of anilines is 1. The highest BCUT2D eigenvalue weighted by Gasteiger charge is 2.24. The van der Waals surface area contributed by atoms with Gasteiger partial charge in [0.25, 0.3) is 5.91 Å². The average Bonchev–Trinajstić information content (AvgIpc) is 3.44. The maximum Gasteiger partial charge on any atom is 0.250 e. The Morgan fingerprint density at radius 1 is 1.35 bits per heavy atom. The second-order valence-corrected chi connectivity index (χ2v) is 7.76. The second kappa shape index (κ2) is 7.97. The van der Waals surface area contributed by atoms with Crippen LogP contribution in [0.3, 0.4) is 0 Å². The van der Waals surface area contributed by atoms with Gasteiger partial charge < -0.3 is 20.7 Å². The summed E-state index contributed by atoms with van der Waals surface area (Å²) in [6, 6.07) is 7.90. The number of nitrogen functional groups attached to an aromatic ring is 1. The van der Waals surface area contributed by atoms with Crippen LogP contribution < -0.4 is 11.1 Å². The van der Waals surface area contributed by atoms with Crippen LogP contribution in [0.4, 0.5) is 5.82 Å². The van der Waals surface area contributed by atoms with E-state index in [0.717, 1.165) is 34.1 Å². The van der Waals surface area contributed by atoms with Crippen LogP contribution in [0.5, 0.6) is 0 Å². The number of nitrogens with zero attached hydrogens (tertiary/aromatic N) is 5. The first kappa shape index (κ1) is 19.5. The number of fused-ring (bicyclic) bond motifs is 3. The van der Waals surface area contributed by atoms with Crippen molar-refractivity contribution in [2.24, 2.45) is 0 Å². The lowest BCUT2D eigenvalue weighted by Crippen LogP contribution is -2.48. The molecule has 10 nitrogen and oxygen atoms in total. The molecule has 1 aliphatic heterocycles. The fourth-order valence-electron chi connectivity index (χ4n) is 3.88. The number of rotatable bonds is 5. The second-order valence-electron chi connectivity index (χ2n) is 7.76. The number of morpholine rings is 1. The smallest absolute Gasteiger partial charge is 0.250 e. The van der Waals surface area contributed by atoms with Gasteiger partial charge in [0.2, 0.25) is 0 Å². The number of amides is 1. The molecule has 1 amide bonds. The third-order valence-electron chi connectivity index (χ3n) is 5.53. The summed E-state index contributed by atoms with van der Waals surface area (Å²) < 4.78 is 7.34. The summed E-state index contributed by atoms with van der Waals surface area (Å²) in [5, 5.41) is 16.5. The molecule has 1 aromatic carbocycles. The molecule has 0 saturated carbocycles. The largest absolute Gasteiger partial charge is 0.382 e. The normalized spacial score (nSPS) is 17.4. The molecule has 1 atom stereocenters. The van der Waals surface area contributed by atoms with Crippen molar-refractivity contribution in [2.75, 3.05) is 39.0 Å². The van der Waals surface area contributed by atoms with Gasteiger partial charge in [-0.15, -0.1) is 0 Å². The molecule has 0 radical (unpaired) electrons. The molecule has 4 heterocycles. The van der Waals surface area contributed by atoms with Crippen LogP contribution in [-0.4, -0.2) is 75.2 Å². The van der Waals surface area contributed by atoms with Gasteiger partial charge in [0.15, 0.2) is 5.82 Å². The monoisotopic (exact) mass is 420 g/mol. The van der Waals surface area contributed by atoms with Gasteiger partial charge in [0, 0.05) is 48.4 Å². The average molecular weight is 420 g/mol. The summed E-state index contributed by atoms with van der Waals surface area (Å²) in [6.07, 6.45) is 3.30. The number of H-pyrrole nitrogens is 1. The maximum atomic E-state index is 12.3. The minimum atomic E-state index is -0.428. The summed E-state index contributed by atoms with van der Waals surface area (Å²) in [6.45, 7) is 2.99. The van der Waals surface area contributed by atoms with Gasteiger partial charge in [-0.25, -0.2) is 4.98 Å². The molecule has 10 heteroatoms. The van der Waals surface area contributed by atoms with E-state index in [1.165, 1.54) is 0 Å². The summed E-state index contributed by atoms with van der Waals surface area (Å²) in [7, 11) is 1.98. The van der Waals surface area contributed by atoms with Crippen molar-refractivity contribution < 1.29 is 9.53 Å². The Kier molecular flexibility index (Phi) is 5.00. The van der Waals surface area contributed by atoms with Crippen LogP contribution in [0, 0.1) is 0 Å². The van der Waals surface area contributed by atoms with E-state index >= 15 is 0 Å². The molecule has 0 spiro atoms. The van der Waals surface area contributed by atoms with Crippen LogP contribution in [0.15, 0.2) is 36.7 Å². The molecule has 0 aliphatic carbocycles. The van der Waals surface area contributed by atoms with Crippen LogP contribution in [-0.2, 0) is 16.1 Å². The third kappa shape index (κ3) is 3.82. The zero-order valence-electron chi connectivity index (χ0n) is 17.2. The van der Waals surface area contributed by atoms with Gasteiger partial charge in [-0.1, -0.05) is 12.1 Å². The first-order chi connectivity index (χ1) is 15.1. The molecule has 0 bridgehead atoms. The fraction of sp³-hybridized carbons (Fsp3) is 0.333. The minimum Gasteiger partial charge on any atom is -0.382 e. The number of ether oxygens (including phenoxy) is 1. The van der Waals surface area contributed by atoms with E-state index in [4.69, 9.17) is 10.5 Å². The third-order valence-corrected chi connectivity index (χ3v) is 5.53. The molecule has 4 N–H and O–H groups in total. The standard InChI is InChI=1S/C21H24N8O2/c1-28-8-9-31-18(12-28)21(30)23-6-7-29-11-15-14-3-2-13(16-4-5-24-26-16)10-17(14)25-20(22)19(15)27-29/h2-5,10-11,18H,6-9,12H2,1H3,(H2,22,25)(H,23,30)(H,24,26). The highest BCUT2D eigenvalue weighted by Crippen LogP contribution is 2.29.